The molecule has 236 valence electrons. The van der Waals surface area contributed by atoms with E-state index < -0.39 is 29.9 Å². The van der Waals surface area contributed by atoms with E-state index >= 15 is 0 Å². The second-order valence-electron chi connectivity index (χ2n) is 12.1. The summed E-state index contributed by atoms with van der Waals surface area (Å²) in [5.41, 5.74) is 3.00. The Labute approximate surface area is 261 Å². The number of ether oxygens (including phenoxy) is 3. The molecule has 0 bridgehead atoms. The molecular weight excluding hydrogens is 556 g/mol. The number of alkyl carbamates (subject to hydrolysis) is 1. The summed E-state index contributed by atoms with van der Waals surface area (Å²) in [7, 11) is 0. The average molecular weight is 603 g/mol. The van der Waals surface area contributed by atoms with E-state index in [4.69, 9.17) is 14.2 Å². The quantitative estimate of drug-likeness (QED) is 0.193. The van der Waals surface area contributed by atoms with Crippen LogP contribution in [-0.4, -0.2) is 53.1 Å². The largest absolute Gasteiger partial charge is 0.490 e. The predicted molar refractivity (Wildman–Crippen MR) is 173 cm³/mol. The second kappa shape index (κ2) is 16.5. The van der Waals surface area contributed by atoms with E-state index in [0.29, 0.717) is 18.3 Å². The molecule has 0 unspecified atom stereocenters. The fourth-order valence-corrected chi connectivity index (χ4v) is 4.55. The first-order valence-corrected chi connectivity index (χ1v) is 15.0. The highest BCUT2D eigenvalue weighted by molar-refractivity contribution is 5.69. The third-order valence-corrected chi connectivity index (χ3v) is 6.75. The molecule has 0 saturated carbocycles. The number of aliphatic hydroxyl groups is 1. The highest BCUT2D eigenvalue weighted by atomic mass is 16.6. The summed E-state index contributed by atoms with van der Waals surface area (Å²) in [5.74, 6) is 0.955. The molecule has 0 aliphatic rings. The van der Waals surface area contributed by atoms with Gasteiger partial charge in [0.05, 0.1) is 18.7 Å². The maximum Gasteiger partial charge on any atom is 0.410 e. The minimum Gasteiger partial charge on any atom is -0.490 e. The van der Waals surface area contributed by atoms with Crippen LogP contribution in [0.1, 0.15) is 62.8 Å². The van der Waals surface area contributed by atoms with Crippen molar-refractivity contribution in [2.75, 3.05) is 13.2 Å². The molecule has 8 heteroatoms. The van der Waals surface area contributed by atoms with Gasteiger partial charge in [-0.3, -0.25) is 0 Å². The van der Waals surface area contributed by atoms with Crippen molar-refractivity contribution in [3.8, 4) is 5.75 Å². The molecule has 0 aliphatic carbocycles. The Kier molecular flexibility index (Phi) is 12.8. The van der Waals surface area contributed by atoms with E-state index in [9.17, 15) is 14.7 Å². The number of carbonyl (C=O) groups excluding carboxylic acids is 2. The van der Waals surface area contributed by atoms with Crippen molar-refractivity contribution in [3.63, 3.8) is 0 Å². The van der Waals surface area contributed by atoms with Crippen LogP contribution in [0.3, 0.4) is 0 Å². The molecule has 0 aliphatic heterocycles. The van der Waals surface area contributed by atoms with Gasteiger partial charge in [-0.15, -0.1) is 0 Å². The summed E-state index contributed by atoms with van der Waals surface area (Å²) in [4.78, 5) is 27.8. The van der Waals surface area contributed by atoms with Crippen LogP contribution in [0.25, 0.3) is 0 Å². The van der Waals surface area contributed by atoms with E-state index in [1.165, 1.54) is 4.90 Å². The lowest BCUT2D eigenvalue weighted by Gasteiger charge is -2.31. The molecule has 44 heavy (non-hydrogen) atoms. The Morgan fingerprint density at radius 1 is 0.955 bits per heavy atom. The van der Waals surface area contributed by atoms with Crippen molar-refractivity contribution < 1.29 is 28.9 Å². The van der Waals surface area contributed by atoms with Crippen LogP contribution in [0.15, 0.2) is 91.5 Å². The van der Waals surface area contributed by atoms with Crippen LogP contribution < -0.4 is 10.1 Å². The number of hydrogen-bond donors (Lipinski definition) is 2. The Morgan fingerprint density at radius 3 is 2.32 bits per heavy atom. The third-order valence-electron chi connectivity index (χ3n) is 6.75. The number of aliphatic hydroxyl groups excluding tert-OH is 1. The van der Waals surface area contributed by atoms with E-state index in [1.54, 1.807) is 26.8 Å². The molecule has 0 aromatic heterocycles. The molecule has 0 heterocycles. The van der Waals surface area contributed by atoms with E-state index in [0.717, 1.165) is 22.3 Å². The van der Waals surface area contributed by atoms with Gasteiger partial charge in [-0.05, 0) is 67.5 Å². The first-order chi connectivity index (χ1) is 20.9. The molecule has 0 saturated heterocycles. The van der Waals surface area contributed by atoms with E-state index in [-0.39, 0.29) is 26.1 Å². The SMILES string of the molecule is C=CCOc1cccc(C[C@H](NC(=O)OC(C)(C)C)[C@H](O)CN(Cc2cccc(C(C)C)c2)C(=O)OCc2ccccc2)c1. The highest BCUT2D eigenvalue weighted by Crippen LogP contribution is 2.20. The molecule has 0 radical (unpaired) electrons. The monoisotopic (exact) mass is 602 g/mol. The lowest BCUT2D eigenvalue weighted by molar-refractivity contribution is 0.0327. The first-order valence-electron chi connectivity index (χ1n) is 15.0. The van der Waals surface area contributed by atoms with Gasteiger partial charge in [-0.1, -0.05) is 93.2 Å². The summed E-state index contributed by atoms with van der Waals surface area (Å²) < 4.78 is 16.9. The molecule has 2 amide bonds. The van der Waals surface area contributed by atoms with Crippen molar-refractivity contribution in [2.45, 2.75) is 77.9 Å². The molecule has 0 fully saturated rings. The first kappa shape index (κ1) is 34.2. The number of amides is 2. The van der Waals surface area contributed by atoms with Crippen LogP contribution in [-0.2, 0) is 29.0 Å². The highest BCUT2D eigenvalue weighted by Gasteiger charge is 2.29. The van der Waals surface area contributed by atoms with Gasteiger partial charge in [-0.2, -0.15) is 0 Å². The fraction of sp³-hybridized carbons (Fsp3) is 0.389. The van der Waals surface area contributed by atoms with Crippen LogP contribution in [0.4, 0.5) is 9.59 Å². The minimum absolute atomic E-state index is 0.0906. The molecule has 8 nitrogen and oxygen atoms in total. The van der Waals surface area contributed by atoms with Crippen LogP contribution in [0, 0.1) is 0 Å². The molecule has 0 spiro atoms. The van der Waals surface area contributed by atoms with Gasteiger partial charge in [0, 0.05) is 6.54 Å². The summed E-state index contributed by atoms with van der Waals surface area (Å²) in [6.07, 6.45) is -0.465. The minimum atomic E-state index is -1.15. The van der Waals surface area contributed by atoms with Gasteiger partial charge in [0.25, 0.3) is 0 Å². The number of benzene rings is 3. The summed E-state index contributed by atoms with van der Waals surface area (Å²) >= 11 is 0. The predicted octanol–water partition coefficient (Wildman–Crippen LogP) is 7.01. The Morgan fingerprint density at radius 2 is 1.64 bits per heavy atom. The lowest BCUT2D eigenvalue weighted by Crippen LogP contribution is -2.51. The number of carbonyl (C=O) groups is 2. The van der Waals surface area contributed by atoms with Crippen molar-refractivity contribution in [2.24, 2.45) is 0 Å². The fourth-order valence-electron chi connectivity index (χ4n) is 4.55. The second-order valence-corrected chi connectivity index (χ2v) is 12.1. The van der Waals surface area contributed by atoms with Crippen molar-refractivity contribution in [3.05, 3.63) is 114 Å². The van der Waals surface area contributed by atoms with Crippen molar-refractivity contribution in [1.82, 2.24) is 10.2 Å². The zero-order valence-corrected chi connectivity index (χ0v) is 26.5. The standard InChI is InChI=1S/C36H46N2O6/c1-7-19-42-31-18-12-15-28(21-31)22-32(37-34(40)44-36(4,5)6)33(39)24-38(23-29-16-11-17-30(20-29)26(2)3)35(41)43-25-27-13-9-8-10-14-27/h7-18,20-21,26,32-33,39H,1,19,22-25H2,2-6H3,(H,37,40)/t32-,33+/m0/s1. The third kappa shape index (κ3) is 11.8. The summed E-state index contributed by atoms with van der Waals surface area (Å²) in [6, 6.07) is 24.1. The molecule has 3 rings (SSSR count). The van der Waals surface area contributed by atoms with Gasteiger partial charge in [0.2, 0.25) is 0 Å². The van der Waals surface area contributed by atoms with Gasteiger partial charge in [0.1, 0.15) is 24.6 Å². The summed E-state index contributed by atoms with van der Waals surface area (Å²) in [5, 5.41) is 14.4. The zero-order valence-electron chi connectivity index (χ0n) is 26.5. The maximum absolute atomic E-state index is 13.5. The molecule has 2 atom stereocenters. The van der Waals surface area contributed by atoms with E-state index in [1.807, 2.05) is 66.7 Å². The number of nitrogens with zero attached hydrogens (tertiary/aromatic N) is 1. The number of rotatable bonds is 14. The normalized spacial score (nSPS) is 12.6. The molecule has 2 N–H and O–H groups in total. The summed E-state index contributed by atoms with van der Waals surface area (Å²) in [6.45, 7) is 13.8. The van der Waals surface area contributed by atoms with Gasteiger partial charge in [0.15, 0.2) is 0 Å². The molecule has 3 aromatic rings. The lowest BCUT2D eigenvalue weighted by atomic mass is 9.99. The Balaban J connectivity index is 1.86. The van der Waals surface area contributed by atoms with Crippen molar-refractivity contribution in [1.29, 1.82) is 0 Å². The van der Waals surface area contributed by atoms with E-state index in [2.05, 4.69) is 37.9 Å². The maximum atomic E-state index is 13.5. The van der Waals surface area contributed by atoms with Crippen LogP contribution in [0.5, 0.6) is 5.75 Å². The zero-order chi connectivity index (χ0) is 32.1. The van der Waals surface area contributed by atoms with Gasteiger partial charge in [-0.25, -0.2) is 9.59 Å². The van der Waals surface area contributed by atoms with Gasteiger partial charge < -0.3 is 29.5 Å². The molecular formula is C36H46N2O6. The number of hydrogen-bond acceptors (Lipinski definition) is 6. The Hall–Kier alpha value is -4.30. The van der Waals surface area contributed by atoms with Crippen LogP contribution >= 0.6 is 0 Å². The number of nitrogens with one attached hydrogen (secondary N) is 1. The van der Waals surface area contributed by atoms with Crippen LogP contribution in [0.2, 0.25) is 0 Å². The average Bonchev–Trinajstić information content (AvgIpc) is 2.98. The molecule has 3 aromatic carbocycles. The Bertz CT molecular complexity index is 1350. The smallest absolute Gasteiger partial charge is 0.410 e. The van der Waals surface area contributed by atoms with Gasteiger partial charge >= 0.3 is 12.2 Å². The topological polar surface area (TPSA) is 97.3 Å². The van der Waals surface area contributed by atoms with Crippen molar-refractivity contribution >= 4 is 12.2 Å².